The van der Waals surface area contributed by atoms with Crippen molar-refractivity contribution in [3.05, 3.63) is 89.5 Å². The van der Waals surface area contributed by atoms with E-state index in [4.69, 9.17) is 4.74 Å². The Kier molecular flexibility index (Phi) is 7.18. The molecule has 0 radical (unpaired) electrons. The molecule has 5 heteroatoms. The first-order valence-electron chi connectivity index (χ1n) is 10.2. The van der Waals surface area contributed by atoms with Crippen LogP contribution in [0.1, 0.15) is 47.7 Å². The molecule has 0 aromatic heterocycles. The highest BCUT2D eigenvalue weighted by molar-refractivity contribution is 6.00. The molecule has 0 spiro atoms. The van der Waals surface area contributed by atoms with E-state index in [1.54, 1.807) is 48.5 Å². The molecule has 0 saturated carbocycles. The number of nitrogens with zero attached hydrogens (tertiary/aromatic N) is 1. The summed E-state index contributed by atoms with van der Waals surface area (Å²) < 4.78 is 5.24. The summed E-state index contributed by atoms with van der Waals surface area (Å²) >= 11 is 0. The smallest absolute Gasteiger partial charge is 0.339 e. The lowest BCUT2D eigenvalue weighted by atomic mass is 9.96. The Morgan fingerprint density at radius 3 is 2.29 bits per heavy atom. The number of hydrogen-bond donors (Lipinski definition) is 1. The van der Waals surface area contributed by atoms with Gasteiger partial charge in [0.15, 0.2) is 6.61 Å². The number of rotatable bonds is 7. The van der Waals surface area contributed by atoms with Crippen LogP contribution in [-0.4, -0.2) is 18.5 Å². The number of nitriles is 1. The Bertz CT molecular complexity index is 1110. The third kappa shape index (κ3) is 5.37. The van der Waals surface area contributed by atoms with Gasteiger partial charge in [0, 0.05) is 11.3 Å². The number of benzene rings is 3. The van der Waals surface area contributed by atoms with Gasteiger partial charge in [0.1, 0.15) is 0 Å². The summed E-state index contributed by atoms with van der Waals surface area (Å²) in [6.45, 7) is 3.88. The summed E-state index contributed by atoms with van der Waals surface area (Å²) in [4.78, 5) is 24.9. The molecule has 5 nitrogen and oxygen atoms in total. The van der Waals surface area contributed by atoms with Crippen molar-refractivity contribution >= 4 is 17.6 Å². The largest absolute Gasteiger partial charge is 0.452 e. The molecule has 0 fully saturated rings. The van der Waals surface area contributed by atoms with Gasteiger partial charge >= 0.3 is 5.97 Å². The monoisotopic (exact) mass is 412 g/mol. The van der Waals surface area contributed by atoms with E-state index in [2.05, 4.69) is 25.2 Å². The van der Waals surface area contributed by atoms with E-state index < -0.39 is 18.5 Å². The molecule has 0 unspecified atom stereocenters. The van der Waals surface area contributed by atoms with E-state index >= 15 is 0 Å². The van der Waals surface area contributed by atoms with E-state index in [0.717, 1.165) is 6.42 Å². The zero-order chi connectivity index (χ0) is 22.2. The van der Waals surface area contributed by atoms with Crippen molar-refractivity contribution in [1.82, 2.24) is 0 Å². The van der Waals surface area contributed by atoms with Crippen LogP contribution >= 0.6 is 0 Å². The van der Waals surface area contributed by atoms with Crippen LogP contribution in [0.3, 0.4) is 0 Å². The second kappa shape index (κ2) is 10.2. The summed E-state index contributed by atoms with van der Waals surface area (Å²) in [5, 5.41) is 12.1. The lowest BCUT2D eigenvalue weighted by Gasteiger charge is -2.12. The van der Waals surface area contributed by atoms with E-state index in [1.807, 2.05) is 24.3 Å². The number of amides is 1. The van der Waals surface area contributed by atoms with Crippen molar-refractivity contribution in [2.24, 2.45) is 0 Å². The van der Waals surface area contributed by atoms with Crippen LogP contribution < -0.4 is 5.32 Å². The fraction of sp³-hybridized carbons (Fsp3) is 0.192. The van der Waals surface area contributed by atoms with Crippen LogP contribution in [-0.2, 0) is 9.53 Å². The molecule has 3 rings (SSSR count). The molecular weight excluding hydrogens is 388 g/mol. The zero-order valence-electron chi connectivity index (χ0n) is 17.6. The van der Waals surface area contributed by atoms with Gasteiger partial charge in [0.2, 0.25) is 0 Å². The molecule has 1 amide bonds. The lowest BCUT2D eigenvalue weighted by molar-refractivity contribution is -0.119. The molecule has 31 heavy (non-hydrogen) atoms. The lowest BCUT2D eigenvalue weighted by Crippen LogP contribution is -2.21. The van der Waals surface area contributed by atoms with Crippen LogP contribution in [0.4, 0.5) is 5.69 Å². The third-order valence-corrected chi connectivity index (χ3v) is 5.19. The van der Waals surface area contributed by atoms with Gasteiger partial charge < -0.3 is 10.1 Å². The van der Waals surface area contributed by atoms with E-state index in [9.17, 15) is 14.9 Å². The number of carbonyl (C=O) groups excluding carboxylic acids is 2. The van der Waals surface area contributed by atoms with Crippen molar-refractivity contribution in [2.75, 3.05) is 11.9 Å². The number of hydrogen-bond acceptors (Lipinski definition) is 4. The second-order valence-electron chi connectivity index (χ2n) is 7.26. The van der Waals surface area contributed by atoms with Crippen LogP contribution in [0.15, 0.2) is 72.8 Å². The van der Waals surface area contributed by atoms with E-state index in [0.29, 0.717) is 33.9 Å². The van der Waals surface area contributed by atoms with Crippen molar-refractivity contribution in [3.63, 3.8) is 0 Å². The molecule has 0 aliphatic rings. The van der Waals surface area contributed by atoms with Crippen molar-refractivity contribution < 1.29 is 14.3 Å². The van der Waals surface area contributed by atoms with E-state index in [1.165, 1.54) is 5.56 Å². The molecule has 0 bridgehead atoms. The van der Waals surface area contributed by atoms with Crippen molar-refractivity contribution in [3.8, 4) is 17.2 Å². The fourth-order valence-corrected chi connectivity index (χ4v) is 3.25. The molecule has 0 saturated heterocycles. The molecule has 156 valence electrons. The normalized spacial score (nSPS) is 11.3. The second-order valence-corrected chi connectivity index (χ2v) is 7.26. The van der Waals surface area contributed by atoms with Gasteiger partial charge in [-0.25, -0.2) is 4.79 Å². The summed E-state index contributed by atoms with van der Waals surface area (Å²) in [5.41, 5.74) is 3.85. The highest BCUT2D eigenvalue weighted by atomic mass is 16.5. The first kappa shape index (κ1) is 21.8. The van der Waals surface area contributed by atoms with Gasteiger partial charge in [0.05, 0.1) is 17.2 Å². The highest BCUT2D eigenvalue weighted by Crippen LogP contribution is 2.27. The minimum absolute atomic E-state index is 0.302. The van der Waals surface area contributed by atoms with Gasteiger partial charge in [-0.2, -0.15) is 5.26 Å². The summed E-state index contributed by atoms with van der Waals surface area (Å²) in [7, 11) is 0. The van der Waals surface area contributed by atoms with Gasteiger partial charge in [-0.1, -0.05) is 62.4 Å². The highest BCUT2D eigenvalue weighted by Gasteiger charge is 2.17. The predicted molar refractivity (Wildman–Crippen MR) is 121 cm³/mol. The number of carbonyl (C=O) groups is 2. The molecule has 1 atom stereocenters. The summed E-state index contributed by atoms with van der Waals surface area (Å²) in [6.07, 6.45) is 1.04. The van der Waals surface area contributed by atoms with Crippen molar-refractivity contribution in [2.45, 2.75) is 26.2 Å². The molecular formula is C26H24N2O3. The van der Waals surface area contributed by atoms with Gasteiger partial charge in [-0.3, -0.25) is 4.79 Å². The number of ether oxygens (including phenoxy) is 1. The molecule has 3 aromatic carbocycles. The molecule has 0 aliphatic heterocycles. The molecule has 0 heterocycles. The Morgan fingerprint density at radius 1 is 0.968 bits per heavy atom. The van der Waals surface area contributed by atoms with Crippen LogP contribution in [0.2, 0.25) is 0 Å². The summed E-state index contributed by atoms with van der Waals surface area (Å²) in [5.74, 6) is -0.581. The number of anilines is 1. The van der Waals surface area contributed by atoms with Gasteiger partial charge in [-0.05, 0) is 47.7 Å². The van der Waals surface area contributed by atoms with Crippen LogP contribution in [0.5, 0.6) is 0 Å². The van der Waals surface area contributed by atoms with Crippen molar-refractivity contribution in [1.29, 1.82) is 5.26 Å². The maximum Gasteiger partial charge on any atom is 0.339 e. The van der Waals surface area contributed by atoms with Crippen LogP contribution in [0, 0.1) is 11.3 Å². The average Bonchev–Trinajstić information content (AvgIpc) is 2.82. The minimum atomic E-state index is -0.620. The summed E-state index contributed by atoms with van der Waals surface area (Å²) in [6, 6.07) is 23.7. The SMILES string of the molecule is CC[C@@H](C)c1ccc(NC(=O)COC(=O)c2ccccc2-c2ccccc2C#N)cc1. The Hall–Kier alpha value is -3.91. The van der Waals surface area contributed by atoms with Gasteiger partial charge in [0.25, 0.3) is 5.91 Å². The topological polar surface area (TPSA) is 79.2 Å². The Labute approximate surface area is 182 Å². The van der Waals surface area contributed by atoms with Gasteiger partial charge in [-0.15, -0.1) is 0 Å². The maximum atomic E-state index is 12.7. The number of esters is 1. The fourth-order valence-electron chi connectivity index (χ4n) is 3.25. The first-order chi connectivity index (χ1) is 15.0. The molecule has 0 aliphatic carbocycles. The quantitative estimate of drug-likeness (QED) is 0.517. The van der Waals surface area contributed by atoms with E-state index in [-0.39, 0.29) is 0 Å². The predicted octanol–water partition coefficient (Wildman–Crippen LogP) is 5.53. The zero-order valence-corrected chi connectivity index (χ0v) is 17.6. The average molecular weight is 412 g/mol. The first-order valence-corrected chi connectivity index (χ1v) is 10.2. The standard InChI is InChI=1S/C26H24N2O3/c1-3-18(2)19-12-14-21(15-13-19)28-25(29)17-31-26(30)24-11-7-6-10-23(24)22-9-5-4-8-20(22)16-27/h4-15,18H,3,17H2,1-2H3,(H,28,29)/t18-/m1/s1. The Balaban J connectivity index is 1.66. The number of nitrogens with one attached hydrogen (secondary N) is 1. The maximum absolute atomic E-state index is 12.7. The molecule has 3 aromatic rings. The minimum Gasteiger partial charge on any atom is -0.452 e. The third-order valence-electron chi connectivity index (χ3n) is 5.19. The van der Waals surface area contributed by atoms with Crippen LogP contribution in [0.25, 0.3) is 11.1 Å². The molecule has 1 N–H and O–H groups in total. The Morgan fingerprint density at radius 2 is 1.61 bits per heavy atom.